The molecule has 1 aromatic rings. The average molecular weight is 177 g/mol. The Balaban J connectivity index is 0. The third kappa shape index (κ3) is 3.09. The summed E-state index contributed by atoms with van der Waals surface area (Å²) in [6.07, 6.45) is 0. The summed E-state index contributed by atoms with van der Waals surface area (Å²) in [5.41, 5.74) is 2.74. The molecule has 0 aliphatic carbocycles. The van der Waals surface area contributed by atoms with E-state index in [2.05, 4.69) is 38.1 Å². The standard InChI is InChI=1S/C8H10.2ClH/c1-7-5-3-4-6-8(7)2;;/h3-6H,1-2H3;2*1H/p-2. The fourth-order valence-electron chi connectivity index (χ4n) is 0.663. The third-order valence-corrected chi connectivity index (χ3v) is 1.43. The number of hydrogen-bond donors (Lipinski definition) is 0. The lowest BCUT2D eigenvalue weighted by Crippen LogP contribution is -3.00. The monoisotopic (exact) mass is 176 g/mol. The smallest absolute Gasteiger partial charge is 0.0395 e. The van der Waals surface area contributed by atoms with Crippen molar-refractivity contribution in [3.8, 4) is 0 Å². The van der Waals surface area contributed by atoms with Gasteiger partial charge in [0.25, 0.3) is 0 Å². The maximum Gasteiger partial charge on any atom is -0.0395 e. The highest BCUT2D eigenvalue weighted by Gasteiger charge is 1.83. The van der Waals surface area contributed by atoms with Gasteiger partial charge in [0.15, 0.2) is 0 Å². The summed E-state index contributed by atoms with van der Waals surface area (Å²) in [5.74, 6) is 0. The van der Waals surface area contributed by atoms with E-state index in [-0.39, 0.29) is 24.8 Å². The molecule has 0 amide bonds. The molecule has 0 aromatic heterocycles. The first kappa shape index (κ1) is 12.5. The molecule has 0 saturated carbocycles. The van der Waals surface area contributed by atoms with Crippen LogP contribution >= 0.6 is 0 Å². The van der Waals surface area contributed by atoms with E-state index < -0.39 is 0 Å². The first-order valence-electron chi connectivity index (χ1n) is 2.83. The van der Waals surface area contributed by atoms with Gasteiger partial charge in [0, 0.05) is 0 Å². The summed E-state index contributed by atoms with van der Waals surface area (Å²) in [5, 5.41) is 0. The topological polar surface area (TPSA) is 0 Å². The zero-order valence-corrected chi connectivity index (χ0v) is 7.58. The van der Waals surface area contributed by atoms with Gasteiger partial charge >= 0.3 is 0 Å². The van der Waals surface area contributed by atoms with E-state index in [1.165, 1.54) is 11.1 Å². The average Bonchev–Trinajstić information content (AvgIpc) is 1.77. The van der Waals surface area contributed by atoms with Crippen LogP contribution < -0.4 is 24.8 Å². The van der Waals surface area contributed by atoms with Crippen molar-refractivity contribution in [3.63, 3.8) is 0 Å². The largest absolute Gasteiger partial charge is 1.00 e. The third-order valence-electron chi connectivity index (χ3n) is 1.43. The molecule has 0 unspecified atom stereocenters. The molecule has 1 aromatic carbocycles. The van der Waals surface area contributed by atoms with E-state index in [1.54, 1.807) is 0 Å². The van der Waals surface area contributed by atoms with E-state index in [9.17, 15) is 0 Å². The van der Waals surface area contributed by atoms with Crippen LogP contribution in [0.1, 0.15) is 11.1 Å². The maximum atomic E-state index is 2.12. The fourth-order valence-corrected chi connectivity index (χ4v) is 0.663. The molecule has 0 fully saturated rings. The lowest BCUT2D eigenvalue weighted by molar-refractivity contribution is -0.001000. The van der Waals surface area contributed by atoms with Gasteiger partial charge in [-0.25, -0.2) is 0 Å². The zero-order valence-electron chi connectivity index (χ0n) is 6.07. The predicted octanol–water partition coefficient (Wildman–Crippen LogP) is -3.69. The molecule has 10 heavy (non-hydrogen) atoms. The lowest BCUT2D eigenvalue weighted by Gasteiger charge is -1.93. The van der Waals surface area contributed by atoms with Crippen molar-refractivity contribution in [2.45, 2.75) is 13.8 Å². The highest BCUT2D eigenvalue weighted by molar-refractivity contribution is 5.23. The Morgan fingerprint density at radius 2 is 1.10 bits per heavy atom. The van der Waals surface area contributed by atoms with Gasteiger partial charge in [-0.3, -0.25) is 0 Å². The van der Waals surface area contributed by atoms with Crippen LogP contribution in [0.3, 0.4) is 0 Å². The highest BCUT2D eigenvalue weighted by atomic mass is 35.5. The molecule has 0 aliphatic rings. The van der Waals surface area contributed by atoms with E-state index in [0.717, 1.165) is 0 Å². The van der Waals surface area contributed by atoms with Gasteiger partial charge in [-0.2, -0.15) is 0 Å². The van der Waals surface area contributed by atoms with Crippen LogP contribution in [0.25, 0.3) is 0 Å². The number of hydrogen-bond acceptors (Lipinski definition) is 0. The minimum Gasteiger partial charge on any atom is -1.00 e. The Kier molecular flexibility index (Phi) is 6.95. The normalized spacial score (nSPS) is 7.40. The highest BCUT2D eigenvalue weighted by Crippen LogP contribution is 2.02. The summed E-state index contributed by atoms with van der Waals surface area (Å²) < 4.78 is 0. The Morgan fingerprint density at radius 1 is 0.800 bits per heavy atom. The lowest BCUT2D eigenvalue weighted by atomic mass is 10.1. The predicted molar refractivity (Wildman–Crippen MR) is 35.9 cm³/mol. The van der Waals surface area contributed by atoms with Gasteiger partial charge in [0.2, 0.25) is 0 Å². The second kappa shape index (κ2) is 5.57. The fraction of sp³-hybridized carbons (Fsp3) is 0.250. The molecule has 58 valence electrons. The first-order valence-corrected chi connectivity index (χ1v) is 2.83. The SMILES string of the molecule is Cc1ccccc1C.[Cl-].[Cl-]. The van der Waals surface area contributed by atoms with Crippen molar-refractivity contribution >= 4 is 0 Å². The van der Waals surface area contributed by atoms with Gasteiger partial charge in [0.05, 0.1) is 0 Å². The number of halogens is 2. The van der Waals surface area contributed by atoms with Crippen LogP contribution in [-0.4, -0.2) is 0 Å². The van der Waals surface area contributed by atoms with Crippen LogP contribution in [0.2, 0.25) is 0 Å². The van der Waals surface area contributed by atoms with Gasteiger partial charge in [-0.15, -0.1) is 0 Å². The van der Waals surface area contributed by atoms with Crippen LogP contribution in [0.4, 0.5) is 0 Å². The Labute approximate surface area is 74.5 Å². The van der Waals surface area contributed by atoms with Crippen molar-refractivity contribution in [1.82, 2.24) is 0 Å². The van der Waals surface area contributed by atoms with Gasteiger partial charge in [-0.05, 0) is 25.0 Å². The van der Waals surface area contributed by atoms with Gasteiger partial charge in [0.1, 0.15) is 0 Å². The summed E-state index contributed by atoms with van der Waals surface area (Å²) in [6, 6.07) is 8.36. The molecule has 0 nitrogen and oxygen atoms in total. The summed E-state index contributed by atoms with van der Waals surface area (Å²) in [6.45, 7) is 4.24. The number of benzene rings is 1. The molecular formula is C8H10Cl2-2. The molecule has 0 bridgehead atoms. The molecule has 1 rings (SSSR count). The number of aryl methyl sites for hydroxylation is 2. The van der Waals surface area contributed by atoms with Crippen LogP contribution in [0.15, 0.2) is 24.3 Å². The minimum atomic E-state index is 0. The molecule has 0 N–H and O–H groups in total. The minimum absolute atomic E-state index is 0. The molecular weight excluding hydrogens is 167 g/mol. The van der Waals surface area contributed by atoms with E-state index >= 15 is 0 Å². The van der Waals surface area contributed by atoms with Crippen molar-refractivity contribution in [2.24, 2.45) is 0 Å². The second-order valence-corrected chi connectivity index (χ2v) is 2.08. The maximum absolute atomic E-state index is 2.12. The summed E-state index contributed by atoms with van der Waals surface area (Å²) >= 11 is 0. The Morgan fingerprint density at radius 3 is 1.30 bits per heavy atom. The Bertz CT molecular complexity index is 163. The Hall–Kier alpha value is -0.200. The molecule has 0 radical (unpaired) electrons. The summed E-state index contributed by atoms with van der Waals surface area (Å²) in [7, 11) is 0. The molecule has 0 saturated heterocycles. The van der Waals surface area contributed by atoms with Crippen LogP contribution in [0.5, 0.6) is 0 Å². The van der Waals surface area contributed by atoms with Crippen molar-refractivity contribution in [1.29, 1.82) is 0 Å². The van der Waals surface area contributed by atoms with Crippen molar-refractivity contribution in [3.05, 3.63) is 35.4 Å². The van der Waals surface area contributed by atoms with E-state index in [1.807, 2.05) is 0 Å². The molecule has 0 aliphatic heterocycles. The van der Waals surface area contributed by atoms with Crippen molar-refractivity contribution in [2.75, 3.05) is 0 Å². The van der Waals surface area contributed by atoms with Gasteiger partial charge < -0.3 is 24.8 Å². The molecule has 2 heteroatoms. The summed E-state index contributed by atoms with van der Waals surface area (Å²) in [4.78, 5) is 0. The molecule has 0 spiro atoms. The first-order chi connectivity index (χ1) is 3.80. The van der Waals surface area contributed by atoms with E-state index in [4.69, 9.17) is 0 Å². The van der Waals surface area contributed by atoms with Gasteiger partial charge in [-0.1, -0.05) is 24.3 Å². The number of rotatable bonds is 0. The molecule has 0 heterocycles. The molecule has 0 atom stereocenters. The van der Waals surface area contributed by atoms with Crippen LogP contribution in [0, 0.1) is 13.8 Å². The zero-order chi connectivity index (χ0) is 5.98. The van der Waals surface area contributed by atoms with Crippen LogP contribution in [-0.2, 0) is 0 Å². The second-order valence-electron chi connectivity index (χ2n) is 2.08. The van der Waals surface area contributed by atoms with E-state index in [0.29, 0.717) is 0 Å². The quantitative estimate of drug-likeness (QED) is 0.383. The van der Waals surface area contributed by atoms with Crippen molar-refractivity contribution < 1.29 is 24.8 Å².